The molecule has 1 N–H and O–H groups in total. The lowest BCUT2D eigenvalue weighted by molar-refractivity contribution is -0.167. The number of rotatable bonds is 3. The first kappa shape index (κ1) is 9.83. The van der Waals surface area contributed by atoms with E-state index < -0.39 is 18.4 Å². The zero-order chi connectivity index (χ0) is 10.3. The van der Waals surface area contributed by atoms with Crippen LogP contribution < -0.4 is 0 Å². The molecule has 2 rings (SSSR count). The summed E-state index contributed by atoms with van der Waals surface area (Å²) in [7, 11) is 0. The summed E-state index contributed by atoms with van der Waals surface area (Å²) in [6.45, 7) is -0.613. The van der Waals surface area contributed by atoms with Gasteiger partial charge in [0.15, 0.2) is 0 Å². The molecular formula is C9H13F2NO2. The molecular weight excluding hydrogens is 192 g/mol. The zero-order valence-corrected chi connectivity index (χ0v) is 7.75. The number of carbonyl (C=O) groups is 1. The lowest BCUT2D eigenvalue weighted by Crippen LogP contribution is -2.44. The van der Waals surface area contributed by atoms with Gasteiger partial charge >= 0.3 is 11.9 Å². The minimum Gasteiger partial charge on any atom is -0.477 e. The Morgan fingerprint density at radius 1 is 1.29 bits per heavy atom. The molecule has 0 aromatic rings. The van der Waals surface area contributed by atoms with E-state index in [0.717, 1.165) is 25.7 Å². The second kappa shape index (κ2) is 3.15. The van der Waals surface area contributed by atoms with E-state index in [1.54, 1.807) is 4.90 Å². The monoisotopic (exact) mass is 205 g/mol. The summed E-state index contributed by atoms with van der Waals surface area (Å²) in [5, 5.41) is 8.32. The molecule has 0 unspecified atom stereocenters. The molecule has 14 heavy (non-hydrogen) atoms. The Hall–Kier alpha value is -0.710. The van der Waals surface area contributed by atoms with Crippen molar-refractivity contribution < 1.29 is 18.7 Å². The fourth-order valence-electron chi connectivity index (χ4n) is 2.57. The number of carboxylic acid groups (broad SMARTS) is 1. The number of alkyl halides is 2. The number of halogens is 2. The first-order valence-corrected chi connectivity index (χ1v) is 4.87. The number of fused-ring (bicyclic) bond motifs is 2. The van der Waals surface area contributed by atoms with Crippen molar-refractivity contribution in [1.29, 1.82) is 0 Å². The summed E-state index contributed by atoms with van der Waals surface area (Å²) in [6, 6.07) is 0.399. The number of carboxylic acids is 1. The number of nitrogens with zero attached hydrogens (tertiary/aromatic N) is 1. The normalized spacial score (nSPS) is 32.4. The van der Waals surface area contributed by atoms with Crippen molar-refractivity contribution in [2.45, 2.75) is 43.7 Å². The van der Waals surface area contributed by atoms with Crippen molar-refractivity contribution in [2.75, 3.05) is 6.54 Å². The minimum atomic E-state index is -3.59. The van der Waals surface area contributed by atoms with Crippen LogP contribution in [-0.4, -0.2) is 40.5 Å². The SMILES string of the molecule is O=C(O)C(F)(F)CN1C2CCC1CC2. The van der Waals surface area contributed by atoms with Crippen LogP contribution in [0.15, 0.2) is 0 Å². The molecule has 0 radical (unpaired) electrons. The van der Waals surface area contributed by atoms with Gasteiger partial charge in [-0.15, -0.1) is 0 Å². The van der Waals surface area contributed by atoms with Crippen molar-refractivity contribution in [1.82, 2.24) is 4.90 Å². The third kappa shape index (κ3) is 1.49. The average molecular weight is 205 g/mol. The third-order valence-electron chi connectivity index (χ3n) is 3.30. The van der Waals surface area contributed by atoms with Gasteiger partial charge in [-0.1, -0.05) is 0 Å². The molecule has 0 amide bonds. The van der Waals surface area contributed by atoms with Gasteiger partial charge in [0.25, 0.3) is 0 Å². The molecule has 0 aromatic heterocycles. The molecule has 0 spiro atoms. The van der Waals surface area contributed by atoms with Crippen LogP contribution in [-0.2, 0) is 4.79 Å². The lowest BCUT2D eigenvalue weighted by atomic mass is 10.0. The molecule has 0 atom stereocenters. The molecule has 0 aliphatic carbocycles. The summed E-state index contributed by atoms with van der Waals surface area (Å²) < 4.78 is 25.9. The van der Waals surface area contributed by atoms with Gasteiger partial charge in [0, 0.05) is 12.1 Å². The van der Waals surface area contributed by atoms with E-state index in [-0.39, 0.29) is 12.1 Å². The fraction of sp³-hybridized carbons (Fsp3) is 0.889. The first-order chi connectivity index (χ1) is 6.50. The Kier molecular flexibility index (Phi) is 2.21. The highest BCUT2D eigenvalue weighted by Crippen LogP contribution is 2.38. The van der Waals surface area contributed by atoms with Crippen LogP contribution >= 0.6 is 0 Å². The molecule has 2 bridgehead atoms. The van der Waals surface area contributed by atoms with Gasteiger partial charge in [-0.05, 0) is 25.7 Å². The van der Waals surface area contributed by atoms with Gasteiger partial charge in [0.05, 0.1) is 6.54 Å². The second-order valence-electron chi connectivity index (χ2n) is 4.14. The Morgan fingerprint density at radius 3 is 2.07 bits per heavy atom. The van der Waals surface area contributed by atoms with E-state index >= 15 is 0 Å². The second-order valence-corrected chi connectivity index (χ2v) is 4.14. The molecule has 0 aromatic carbocycles. The summed E-state index contributed by atoms with van der Waals surface area (Å²) >= 11 is 0. The largest absolute Gasteiger partial charge is 0.477 e. The van der Waals surface area contributed by atoms with Crippen molar-refractivity contribution in [3.05, 3.63) is 0 Å². The zero-order valence-electron chi connectivity index (χ0n) is 7.75. The van der Waals surface area contributed by atoms with E-state index in [1.165, 1.54) is 0 Å². The highest BCUT2D eigenvalue weighted by atomic mass is 19.3. The maximum atomic E-state index is 12.9. The van der Waals surface area contributed by atoms with Crippen LogP contribution in [0.4, 0.5) is 8.78 Å². The van der Waals surface area contributed by atoms with Crippen molar-refractivity contribution in [3.8, 4) is 0 Å². The van der Waals surface area contributed by atoms with E-state index in [9.17, 15) is 13.6 Å². The Morgan fingerprint density at radius 2 is 1.71 bits per heavy atom. The standard InChI is InChI=1S/C9H13F2NO2/c10-9(11,8(13)14)5-12-6-1-2-7(12)4-3-6/h6-7H,1-5H2,(H,13,14). The Labute approximate surface area is 80.7 Å². The Balaban J connectivity index is 2.01. The predicted molar refractivity (Wildman–Crippen MR) is 45.3 cm³/mol. The molecule has 0 saturated carbocycles. The number of hydrogen-bond donors (Lipinski definition) is 1. The predicted octanol–water partition coefficient (Wildman–Crippen LogP) is 1.33. The topological polar surface area (TPSA) is 40.5 Å². The first-order valence-electron chi connectivity index (χ1n) is 4.87. The summed E-state index contributed by atoms with van der Waals surface area (Å²) in [6.07, 6.45) is 3.78. The Bertz CT molecular complexity index is 237. The van der Waals surface area contributed by atoms with Crippen LogP contribution in [0.5, 0.6) is 0 Å². The maximum Gasteiger partial charge on any atom is 0.375 e. The van der Waals surface area contributed by atoms with Gasteiger partial charge in [0.1, 0.15) is 0 Å². The molecule has 2 heterocycles. The van der Waals surface area contributed by atoms with E-state index in [1.807, 2.05) is 0 Å². The number of hydrogen-bond acceptors (Lipinski definition) is 2. The van der Waals surface area contributed by atoms with Gasteiger partial charge in [-0.25, -0.2) is 4.79 Å². The van der Waals surface area contributed by atoms with Crippen LogP contribution in [0, 0.1) is 0 Å². The van der Waals surface area contributed by atoms with Crippen molar-refractivity contribution in [2.24, 2.45) is 0 Å². The van der Waals surface area contributed by atoms with Crippen LogP contribution in [0.25, 0.3) is 0 Å². The van der Waals surface area contributed by atoms with Crippen LogP contribution in [0.3, 0.4) is 0 Å². The van der Waals surface area contributed by atoms with Crippen LogP contribution in [0.2, 0.25) is 0 Å². The van der Waals surface area contributed by atoms with Gasteiger partial charge in [-0.3, -0.25) is 4.90 Å². The molecule has 2 aliphatic rings. The highest BCUT2D eigenvalue weighted by Gasteiger charge is 2.48. The molecule has 2 aliphatic heterocycles. The van der Waals surface area contributed by atoms with E-state index in [0.29, 0.717) is 0 Å². The highest BCUT2D eigenvalue weighted by molar-refractivity contribution is 5.75. The molecule has 80 valence electrons. The van der Waals surface area contributed by atoms with E-state index in [4.69, 9.17) is 5.11 Å². The quantitative estimate of drug-likeness (QED) is 0.755. The molecule has 2 fully saturated rings. The van der Waals surface area contributed by atoms with E-state index in [2.05, 4.69) is 0 Å². The molecule has 2 saturated heterocycles. The van der Waals surface area contributed by atoms with Crippen LogP contribution in [0.1, 0.15) is 25.7 Å². The van der Waals surface area contributed by atoms with Gasteiger partial charge in [0.2, 0.25) is 0 Å². The molecule has 3 nitrogen and oxygen atoms in total. The number of aliphatic carboxylic acids is 1. The van der Waals surface area contributed by atoms with Gasteiger partial charge < -0.3 is 5.11 Å². The van der Waals surface area contributed by atoms with Gasteiger partial charge in [-0.2, -0.15) is 8.78 Å². The third-order valence-corrected chi connectivity index (χ3v) is 3.30. The van der Waals surface area contributed by atoms with Crippen molar-refractivity contribution in [3.63, 3.8) is 0 Å². The molecule has 5 heteroatoms. The fourth-order valence-corrected chi connectivity index (χ4v) is 2.57. The lowest BCUT2D eigenvalue weighted by Gasteiger charge is -2.24. The summed E-state index contributed by atoms with van der Waals surface area (Å²) in [5.41, 5.74) is 0. The van der Waals surface area contributed by atoms with Crippen molar-refractivity contribution >= 4 is 5.97 Å². The average Bonchev–Trinajstić information content (AvgIpc) is 2.64. The minimum absolute atomic E-state index is 0.199. The summed E-state index contributed by atoms with van der Waals surface area (Å²) in [4.78, 5) is 11.9. The maximum absolute atomic E-state index is 12.9. The smallest absolute Gasteiger partial charge is 0.375 e. The summed E-state index contributed by atoms with van der Waals surface area (Å²) in [5.74, 6) is -5.60.